The van der Waals surface area contributed by atoms with Crippen molar-refractivity contribution in [2.24, 2.45) is 11.8 Å². The molecule has 9 nitrogen and oxygen atoms in total. The number of hydrogen-bond acceptors (Lipinski definition) is 5. The van der Waals surface area contributed by atoms with Gasteiger partial charge in [-0.2, -0.15) is 5.10 Å². The first-order valence-electron chi connectivity index (χ1n) is 11.4. The van der Waals surface area contributed by atoms with Crippen molar-refractivity contribution in [2.45, 2.75) is 31.9 Å². The second-order valence-electron chi connectivity index (χ2n) is 9.26. The van der Waals surface area contributed by atoms with Crippen LogP contribution in [0, 0.1) is 18.8 Å². The Kier molecular flexibility index (Phi) is 6.88. The molecular formula is C24H33N5O4. The van der Waals surface area contributed by atoms with Crippen LogP contribution in [0.4, 0.5) is 10.5 Å². The number of likely N-dealkylation sites (tertiary alicyclic amines) is 1. The number of amides is 3. The van der Waals surface area contributed by atoms with Gasteiger partial charge in [0.05, 0.1) is 25.5 Å². The number of nitrogens with one attached hydrogen (secondary N) is 1. The fourth-order valence-corrected chi connectivity index (χ4v) is 4.84. The molecule has 33 heavy (non-hydrogen) atoms. The quantitative estimate of drug-likeness (QED) is 0.724. The van der Waals surface area contributed by atoms with Gasteiger partial charge < -0.3 is 24.6 Å². The van der Waals surface area contributed by atoms with Gasteiger partial charge in [0.1, 0.15) is 12.4 Å². The summed E-state index contributed by atoms with van der Waals surface area (Å²) in [7, 11) is 5.06. The number of anilines is 1. The van der Waals surface area contributed by atoms with Crippen LogP contribution < -0.4 is 10.1 Å². The molecule has 4 rings (SSSR count). The molecular weight excluding hydrogens is 422 g/mol. The second-order valence-corrected chi connectivity index (χ2v) is 9.26. The summed E-state index contributed by atoms with van der Waals surface area (Å²) < 4.78 is 13.3. The molecule has 0 spiro atoms. The van der Waals surface area contributed by atoms with E-state index >= 15 is 0 Å². The van der Waals surface area contributed by atoms with Gasteiger partial charge in [-0.05, 0) is 49.3 Å². The van der Waals surface area contributed by atoms with E-state index in [0.717, 1.165) is 18.4 Å². The van der Waals surface area contributed by atoms with Crippen molar-refractivity contribution in [2.75, 3.05) is 46.2 Å². The van der Waals surface area contributed by atoms with Crippen molar-refractivity contribution < 1.29 is 19.1 Å². The zero-order chi connectivity index (χ0) is 23.5. The molecule has 1 aliphatic heterocycles. The highest BCUT2D eigenvalue weighted by molar-refractivity contribution is 5.89. The molecule has 2 heterocycles. The molecule has 1 saturated heterocycles. The first-order valence-corrected chi connectivity index (χ1v) is 11.4. The number of aromatic nitrogens is 2. The summed E-state index contributed by atoms with van der Waals surface area (Å²) in [6.45, 7) is 3.43. The van der Waals surface area contributed by atoms with Gasteiger partial charge in [0, 0.05) is 45.1 Å². The molecule has 9 heteroatoms. The third-order valence-corrected chi connectivity index (χ3v) is 6.68. The van der Waals surface area contributed by atoms with Crippen molar-refractivity contribution in [3.05, 3.63) is 42.2 Å². The molecule has 2 aliphatic rings. The number of fused-ring (bicyclic) bond motifs is 1. The van der Waals surface area contributed by atoms with Crippen molar-refractivity contribution >= 4 is 17.6 Å². The van der Waals surface area contributed by atoms with Gasteiger partial charge in [-0.15, -0.1) is 0 Å². The molecule has 3 amide bonds. The van der Waals surface area contributed by atoms with Gasteiger partial charge in [0.15, 0.2) is 0 Å². The van der Waals surface area contributed by atoms with Gasteiger partial charge in [0.25, 0.3) is 0 Å². The summed E-state index contributed by atoms with van der Waals surface area (Å²) in [5.41, 5.74) is 1.80. The van der Waals surface area contributed by atoms with E-state index in [1.165, 1.54) is 0 Å². The van der Waals surface area contributed by atoms with Crippen LogP contribution in [0.3, 0.4) is 0 Å². The maximum absolute atomic E-state index is 13.0. The average Bonchev–Trinajstić information content (AvgIpc) is 3.42. The molecule has 2 aromatic rings. The van der Waals surface area contributed by atoms with Gasteiger partial charge in [-0.3, -0.25) is 9.48 Å². The van der Waals surface area contributed by atoms with Crippen molar-refractivity contribution in [3.8, 4) is 5.75 Å². The minimum absolute atomic E-state index is 0.0382. The minimum atomic E-state index is -0.129. The molecule has 0 unspecified atom stereocenters. The number of ether oxygens (including phenoxy) is 2. The van der Waals surface area contributed by atoms with Crippen LogP contribution in [0.25, 0.3) is 0 Å². The fraction of sp³-hybridized carbons (Fsp3) is 0.542. The van der Waals surface area contributed by atoms with E-state index < -0.39 is 0 Å². The van der Waals surface area contributed by atoms with E-state index in [1.807, 2.05) is 53.2 Å². The predicted molar refractivity (Wildman–Crippen MR) is 124 cm³/mol. The normalized spacial score (nSPS) is 24.3. The Bertz CT molecular complexity index is 991. The molecule has 1 aliphatic carbocycles. The number of carbonyl (C=O) groups is 2. The molecule has 1 aromatic heterocycles. The largest absolute Gasteiger partial charge is 0.497 e. The van der Waals surface area contributed by atoms with Crippen LogP contribution in [0.2, 0.25) is 0 Å². The maximum Gasteiger partial charge on any atom is 0.321 e. The number of benzene rings is 1. The Morgan fingerprint density at radius 2 is 1.97 bits per heavy atom. The number of hydrogen-bond donors (Lipinski definition) is 1. The topological polar surface area (TPSA) is 88.9 Å². The molecule has 0 bridgehead atoms. The number of likely N-dealkylation sites (N-methyl/N-ethyl adjacent to an activating group) is 1. The van der Waals surface area contributed by atoms with E-state index in [4.69, 9.17) is 9.47 Å². The van der Waals surface area contributed by atoms with Crippen LogP contribution in [0.15, 0.2) is 36.7 Å². The number of aryl methyl sites for hydroxylation is 1. The standard InChI is InChI=1S/C24H33N5O4/c1-16-11-25-29(12-16)21-8-17-13-28(24(31)26-19-6-5-7-20(10-19)32-4)14-18(17)9-22(21)33-15-23(30)27(2)3/h5-7,10-12,17-18,21-22H,8-9,13-15H2,1-4H3,(H,26,31)/t17-,18+,21-,22-/m0/s1. The zero-order valence-corrected chi connectivity index (χ0v) is 19.7. The predicted octanol–water partition coefficient (Wildman–Crippen LogP) is 2.79. The van der Waals surface area contributed by atoms with Crippen LogP contribution in [-0.4, -0.2) is 78.5 Å². The summed E-state index contributed by atoms with van der Waals surface area (Å²) in [6.07, 6.45) is 5.39. The lowest BCUT2D eigenvalue weighted by Crippen LogP contribution is -2.40. The molecule has 178 valence electrons. The fourth-order valence-electron chi connectivity index (χ4n) is 4.84. The van der Waals surface area contributed by atoms with E-state index in [2.05, 4.69) is 10.4 Å². The highest BCUT2D eigenvalue weighted by Crippen LogP contribution is 2.42. The lowest BCUT2D eigenvalue weighted by Gasteiger charge is -2.37. The first kappa shape index (κ1) is 23.1. The SMILES string of the molecule is COc1cccc(NC(=O)N2C[C@H]3C[C@H](OCC(=O)N(C)C)[C@@H](n4cc(C)cn4)C[C@H]3C2)c1. The third-order valence-electron chi connectivity index (χ3n) is 6.68. The maximum atomic E-state index is 13.0. The highest BCUT2D eigenvalue weighted by Gasteiger charge is 2.45. The molecule has 1 aromatic carbocycles. The minimum Gasteiger partial charge on any atom is -0.497 e. The second kappa shape index (κ2) is 9.82. The first-order chi connectivity index (χ1) is 15.8. The molecule has 2 fully saturated rings. The molecule has 1 saturated carbocycles. The summed E-state index contributed by atoms with van der Waals surface area (Å²) >= 11 is 0. The number of nitrogens with zero attached hydrogens (tertiary/aromatic N) is 4. The lowest BCUT2D eigenvalue weighted by molar-refractivity contribution is -0.138. The third kappa shape index (κ3) is 5.30. The average molecular weight is 456 g/mol. The molecule has 4 atom stereocenters. The van der Waals surface area contributed by atoms with Crippen LogP contribution >= 0.6 is 0 Å². The van der Waals surface area contributed by atoms with Gasteiger partial charge in [0.2, 0.25) is 5.91 Å². The number of methoxy groups -OCH3 is 1. The number of carbonyl (C=O) groups excluding carboxylic acids is 2. The highest BCUT2D eigenvalue weighted by atomic mass is 16.5. The monoisotopic (exact) mass is 455 g/mol. The van der Waals surface area contributed by atoms with Crippen molar-refractivity contribution in [1.82, 2.24) is 19.6 Å². The Morgan fingerprint density at radius 3 is 2.64 bits per heavy atom. The van der Waals surface area contributed by atoms with Crippen LogP contribution in [0.1, 0.15) is 24.4 Å². The Hall–Kier alpha value is -3.07. The zero-order valence-electron chi connectivity index (χ0n) is 19.7. The van der Waals surface area contributed by atoms with E-state index in [9.17, 15) is 9.59 Å². The van der Waals surface area contributed by atoms with Crippen molar-refractivity contribution in [3.63, 3.8) is 0 Å². The summed E-state index contributed by atoms with van der Waals surface area (Å²) in [4.78, 5) is 28.5. The Balaban J connectivity index is 1.44. The summed E-state index contributed by atoms with van der Waals surface area (Å²) in [5.74, 6) is 1.33. The van der Waals surface area contributed by atoms with Crippen molar-refractivity contribution in [1.29, 1.82) is 0 Å². The van der Waals surface area contributed by atoms with Gasteiger partial charge >= 0.3 is 6.03 Å². The Labute approximate surface area is 194 Å². The van der Waals surface area contributed by atoms with Crippen LogP contribution in [-0.2, 0) is 9.53 Å². The molecule has 1 N–H and O–H groups in total. The van der Waals surface area contributed by atoms with Gasteiger partial charge in [-0.25, -0.2) is 4.79 Å². The van der Waals surface area contributed by atoms with E-state index in [1.54, 1.807) is 26.1 Å². The van der Waals surface area contributed by atoms with Crippen LogP contribution in [0.5, 0.6) is 5.75 Å². The Morgan fingerprint density at radius 1 is 1.21 bits per heavy atom. The summed E-state index contributed by atoms with van der Waals surface area (Å²) in [6, 6.07) is 7.29. The number of rotatable bonds is 6. The smallest absolute Gasteiger partial charge is 0.321 e. The molecule has 0 radical (unpaired) electrons. The van der Waals surface area contributed by atoms with Gasteiger partial charge in [-0.1, -0.05) is 6.07 Å². The lowest BCUT2D eigenvalue weighted by atomic mass is 9.77. The summed E-state index contributed by atoms with van der Waals surface area (Å²) in [5, 5.41) is 7.52. The van der Waals surface area contributed by atoms with E-state index in [0.29, 0.717) is 36.4 Å². The number of urea groups is 1. The van der Waals surface area contributed by atoms with E-state index in [-0.39, 0.29) is 30.7 Å².